The van der Waals surface area contributed by atoms with Gasteiger partial charge in [-0.25, -0.2) is 4.98 Å². The summed E-state index contributed by atoms with van der Waals surface area (Å²) >= 11 is 0. The molecule has 0 spiro atoms. The third kappa shape index (κ3) is 4.46. The minimum atomic E-state index is -4.45. The van der Waals surface area contributed by atoms with Crippen molar-refractivity contribution in [3.63, 3.8) is 0 Å². The molecule has 3 heterocycles. The first-order chi connectivity index (χ1) is 14.4. The van der Waals surface area contributed by atoms with Crippen molar-refractivity contribution in [1.29, 1.82) is 0 Å². The maximum atomic E-state index is 13.0. The monoisotopic (exact) mass is 413 g/mol. The zero-order chi connectivity index (χ0) is 21.1. The standard InChI is InChI=1S/C23H22F3N3O/c24-23(25,26)19-8-3-6-17(14-19)22(30)18-7-4-12-28(15-18)16-20-9-5-13-29(20)21-10-1-2-11-27-21/h1-3,5-6,8-11,13-14,18H,4,7,12,15-16H2/t18-/m0/s1. The number of pyridine rings is 1. The number of carbonyl (C=O) groups excluding carboxylic acids is 1. The lowest BCUT2D eigenvalue weighted by Crippen LogP contribution is -2.38. The predicted molar refractivity (Wildman–Crippen MR) is 107 cm³/mol. The molecule has 4 nitrogen and oxygen atoms in total. The van der Waals surface area contributed by atoms with E-state index in [0.29, 0.717) is 19.5 Å². The molecule has 0 radical (unpaired) electrons. The fraction of sp³-hybridized carbons (Fsp3) is 0.304. The summed E-state index contributed by atoms with van der Waals surface area (Å²) in [6.45, 7) is 2.03. The zero-order valence-corrected chi connectivity index (χ0v) is 16.3. The number of nitrogens with zero attached hydrogens (tertiary/aromatic N) is 3. The van der Waals surface area contributed by atoms with Gasteiger partial charge in [0.05, 0.1) is 5.56 Å². The van der Waals surface area contributed by atoms with Crippen LogP contribution in [0.2, 0.25) is 0 Å². The lowest BCUT2D eigenvalue weighted by atomic mass is 9.89. The summed E-state index contributed by atoms with van der Waals surface area (Å²) in [5.74, 6) is 0.303. The van der Waals surface area contributed by atoms with E-state index in [1.54, 1.807) is 6.20 Å². The van der Waals surface area contributed by atoms with Gasteiger partial charge in [0.2, 0.25) is 0 Å². The summed E-state index contributed by atoms with van der Waals surface area (Å²) in [6.07, 6.45) is 0.759. The Morgan fingerprint density at radius 3 is 2.73 bits per heavy atom. The van der Waals surface area contributed by atoms with Gasteiger partial charge in [0.25, 0.3) is 0 Å². The number of carbonyl (C=O) groups is 1. The molecule has 0 aliphatic carbocycles. The van der Waals surface area contributed by atoms with Crippen LogP contribution in [0.15, 0.2) is 67.0 Å². The SMILES string of the molecule is O=C(c1cccc(C(F)(F)F)c1)[C@H]1CCCN(Cc2cccn2-c2ccccn2)C1. The van der Waals surface area contributed by atoms with Crippen molar-refractivity contribution >= 4 is 5.78 Å². The number of piperidine rings is 1. The lowest BCUT2D eigenvalue weighted by Gasteiger charge is -2.32. The fourth-order valence-electron chi connectivity index (χ4n) is 3.99. The summed E-state index contributed by atoms with van der Waals surface area (Å²) < 4.78 is 41.0. The maximum absolute atomic E-state index is 13.0. The molecule has 156 valence electrons. The van der Waals surface area contributed by atoms with Gasteiger partial charge in [0.1, 0.15) is 5.82 Å². The molecule has 0 N–H and O–H groups in total. The number of halogens is 3. The van der Waals surface area contributed by atoms with Crippen LogP contribution < -0.4 is 0 Å². The van der Waals surface area contributed by atoms with Gasteiger partial charge in [0.15, 0.2) is 5.78 Å². The van der Waals surface area contributed by atoms with Crippen LogP contribution in [0.5, 0.6) is 0 Å². The first-order valence-corrected chi connectivity index (χ1v) is 9.93. The van der Waals surface area contributed by atoms with Gasteiger partial charge in [-0.1, -0.05) is 18.2 Å². The molecular weight excluding hydrogens is 391 g/mol. The third-order valence-corrected chi connectivity index (χ3v) is 5.47. The number of aromatic nitrogens is 2. The fourth-order valence-corrected chi connectivity index (χ4v) is 3.99. The molecule has 1 atom stereocenters. The first-order valence-electron chi connectivity index (χ1n) is 9.93. The van der Waals surface area contributed by atoms with Crippen molar-refractivity contribution in [2.75, 3.05) is 13.1 Å². The Kier molecular flexibility index (Phi) is 5.72. The maximum Gasteiger partial charge on any atom is 0.416 e. The molecule has 0 amide bonds. The van der Waals surface area contributed by atoms with E-state index in [2.05, 4.69) is 9.88 Å². The van der Waals surface area contributed by atoms with Crippen molar-refractivity contribution in [2.45, 2.75) is 25.6 Å². The van der Waals surface area contributed by atoms with E-state index in [9.17, 15) is 18.0 Å². The number of hydrogen-bond acceptors (Lipinski definition) is 3. The van der Waals surface area contributed by atoms with Crippen molar-refractivity contribution in [3.8, 4) is 5.82 Å². The number of Topliss-reactive ketones (excluding diaryl/α,β-unsaturated/α-hetero) is 1. The van der Waals surface area contributed by atoms with Crippen LogP contribution in [0.1, 0.15) is 34.5 Å². The molecule has 4 rings (SSSR count). The normalized spacial score (nSPS) is 17.8. The Labute approximate surface area is 173 Å². The predicted octanol–water partition coefficient (Wildman–Crippen LogP) is 4.99. The molecule has 0 bridgehead atoms. The quantitative estimate of drug-likeness (QED) is 0.554. The van der Waals surface area contributed by atoms with Crippen molar-refractivity contribution in [3.05, 3.63) is 83.8 Å². The van der Waals surface area contributed by atoms with Gasteiger partial charge < -0.3 is 4.57 Å². The van der Waals surface area contributed by atoms with Crippen LogP contribution in [0.3, 0.4) is 0 Å². The lowest BCUT2D eigenvalue weighted by molar-refractivity contribution is -0.137. The van der Waals surface area contributed by atoms with Gasteiger partial charge in [-0.15, -0.1) is 0 Å². The average molecular weight is 413 g/mol. The van der Waals surface area contributed by atoms with E-state index < -0.39 is 11.7 Å². The number of alkyl halides is 3. The zero-order valence-electron chi connectivity index (χ0n) is 16.3. The van der Waals surface area contributed by atoms with Crippen LogP contribution in [-0.4, -0.2) is 33.3 Å². The van der Waals surface area contributed by atoms with Crippen LogP contribution in [0.25, 0.3) is 5.82 Å². The molecule has 0 unspecified atom stereocenters. The van der Waals surface area contributed by atoms with Gasteiger partial charge in [-0.05, 0) is 55.8 Å². The van der Waals surface area contributed by atoms with Gasteiger partial charge in [-0.2, -0.15) is 13.2 Å². The average Bonchev–Trinajstić information content (AvgIpc) is 3.21. The highest BCUT2D eigenvalue weighted by Gasteiger charge is 2.32. The summed E-state index contributed by atoms with van der Waals surface area (Å²) in [5, 5.41) is 0. The molecule has 3 aromatic rings. The minimum absolute atomic E-state index is 0.133. The van der Waals surface area contributed by atoms with E-state index in [0.717, 1.165) is 36.6 Å². The molecule has 2 aromatic heterocycles. The van der Waals surface area contributed by atoms with Crippen LogP contribution in [0.4, 0.5) is 13.2 Å². The van der Waals surface area contributed by atoms with Gasteiger partial charge >= 0.3 is 6.18 Å². The van der Waals surface area contributed by atoms with E-state index >= 15 is 0 Å². The van der Waals surface area contributed by atoms with Crippen LogP contribution >= 0.6 is 0 Å². The Morgan fingerprint density at radius 1 is 1.10 bits per heavy atom. The van der Waals surface area contributed by atoms with E-state index in [4.69, 9.17) is 0 Å². The minimum Gasteiger partial charge on any atom is -0.304 e. The summed E-state index contributed by atoms with van der Waals surface area (Å²) in [5.41, 5.74) is 0.406. The number of likely N-dealkylation sites (tertiary alicyclic amines) is 1. The third-order valence-electron chi connectivity index (χ3n) is 5.47. The molecule has 1 saturated heterocycles. The van der Waals surface area contributed by atoms with Crippen molar-refractivity contribution < 1.29 is 18.0 Å². The molecule has 7 heteroatoms. The highest BCUT2D eigenvalue weighted by molar-refractivity contribution is 5.98. The molecule has 1 fully saturated rings. The largest absolute Gasteiger partial charge is 0.416 e. The molecule has 1 aliphatic heterocycles. The van der Waals surface area contributed by atoms with Crippen molar-refractivity contribution in [1.82, 2.24) is 14.5 Å². The molecular formula is C23H22F3N3O. The molecule has 30 heavy (non-hydrogen) atoms. The van der Waals surface area contributed by atoms with Gasteiger partial charge in [0, 0.05) is 42.7 Å². The number of rotatable bonds is 5. The summed E-state index contributed by atoms with van der Waals surface area (Å²) in [7, 11) is 0. The second-order valence-corrected chi connectivity index (χ2v) is 7.57. The summed E-state index contributed by atoms with van der Waals surface area (Å²) in [4.78, 5) is 19.5. The van der Waals surface area contributed by atoms with Crippen molar-refractivity contribution in [2.24, 2.45) is 5.92 Å². The highest BCUT2D eigenvalue weighted by atomic mass is 19.4. The Hall–Kier alpha value is -2.93. The first kappa shape index (κ1) is 20.3. The summed E-state index contributed by atoms with van der Waals surface area (Å²) in [6, 6.07) is 14.4. The highest BCUT2D eigenvalue weighted by Crippen LogP contribution is 2.31. The van der Waals surface area contributed by atoms with E-state index in [1.807, 2.05) is 41.1 Å². The van der Waals surface area contributed by atoms with E-state index in [1.165, 1.54) is 12.1 Å². The Bertz CT molecular complexity index is 1010. The second-order valence-electron chi connectivity index (χ2n) is 7.57. The van der Waals surface area contributed by atoms with Crippen LogP contribution in [-0.2, 0) is 12.7 Å². The molecule has 1 aliphatic rings. The van der Waals surface area contributed by atoms with Crippen LogP contribution in [0, 0.1) is 5.92 Å². The number of ketones is 1. The smallest absolute Gasteiger partial charge is 0.304 e. The molecule has 0 saturated carbocycles. The number of hydrogen-bond donors (Lipinski definition) is 0. The Balaban J connectivity index is 1.47. The second kappa shape index (κ2) is 8.44. The van der Waals surface area contributed by atoms with Gasteiger partial charge in [-0.3, -0.25) is 9.69 Å². The molecule has 1 aromatic carbocycles. The topological polar surface area (TPSA) is 38.1 Å². The van der Waals surface area contributed by atoms with E-state index in [-0.39, 0.29) is 17.3 Å². The Morgan fingerprint density at radius 2 is 1.97 bits per heavy atom. The number of benzene rings is 1.